The Morgan fingerprint density at radius 2 is 1.48 bits per heavy atom. The number of carbonyl (C=O) groups excluding carboxylic acids is 1. The fourth-order valence-corrected chi connectivity index (χ4v) is 3.04. The molecule has 0 saturated heterocycles. The van der Waals surface area contributed by atoms with Crippen molar-refractivity contribution < 1.29 is 9.53 Å². The smallest absolute Gasteiger partial charge is 0.165 e. The number of ketones is 1. The molecule has 2 heteroatoms. The quantitative estimate of drug-likeness (QED) is 0.309. The van der Waals surface area contributed by atoms with Gasteiger partial charge in [-0.15, -0.1) is 0 Å². The first-order valence-corrected chi connectivity index (χ1v) is 9.41. The van der Waals surface area contributed by atoms with Crippen LogP contribution in [0.2, 0.25) is 0 Å². The molecule has 1 unspecified atom stereocenters. The third-order valence-electron chi connectivity index (χ3n) is 4.64. The van der Waals surface area contributed by atoms with E-state index in [1.165, 1.54) is 51.4 Å². The molecule has 0 aliphatic rings. The fraction of sp³-hybridized carbons (Fsp3) is 0.667. The molecule has 0 spiro atoms. The van der Waals surface area contributed by atoms with E-state index in [0.29, 0.717) is 0 Å². The number of hydrogen-bond acceptors (Lipinski definition) is 2. The number of unbranched alkanes of at least 4 members (excludes halogenated alkanes) is 7. The molecule has 0 fully saturated rings. The van der Waals surface area contributed by atoms with Gasteiger partial charge in [0.1, 0.15) is 5.75 Å². The summed E-state index contributed by atoms with van der Waals surface area (Å²) in [6.45, 7) is 4.38. The number of methoxy groups -OCH3 is 1. The van der Waals surface area contributed by atoms with Crippen molar-refractivity contribution in [2.75, 3.05) is 7.11 Å². The molecule has 2 nitrogen and oxygen atoms in total. The lowest BCUT2D eigenvalue weighted by molar-refractivity contribution is 0.0907. The molecule has 0 aliphatic carbocycles. The van der Waals surface area contributed by atoms with Crippen molar-refractivity contribution in [3.8, 4) is 5.75 Å². The molecular weight excluding hydrogens is 284 g/mol. The predicted molar refractivity (Wildman–Crippen MR) is 98.3 cm³/mol. The van der Waals surface area contributed by atoms with Gasteiger partial charge < -0.3 is 4.74 Å². The average Bonchev–Trinajstić information content (AvgIpc) is 2.60. The van der Waals surface area contributed by atoms with E-state index in [0.717, 1.165) is 24.2 Å². The maximum absolute atomic E-state index is 12.6. The number of benzene rings is 1. The monoisotopic (exact) mass is 318 g/mol. The highest BCUT2D eigenvalue weighted by Gasteiger charge is 2.17. The average molecular weight is 319 g/mol. The Kier molecular flexibility index (Phi) is 10.4. The van der Waals surface area contributed by atoms with Crippen LogP contribution < -0.4 is 4.74 Å². The van der Waals surface area contributed by atoms with Gasteiger partial charge in [-0.1, -0.05) is 65.2 Å². The molecule has 0 aromatic heterocycles. The molecule has 1 aromatic carbocycles. The summed E-state index contributed by atoms with van der Waals surface area (Å²) in [5, 5.41) is 0. The summed E-state index contributed by atoms with van der Waals surface area (Å²) in [4.78, 5) is 12.6. The lowest BCUT2D eigenvalue weighted by atomic mass is 9.90. The van der Waals surface area contributed by atoms with Gasteiger partial charge in [0.05, 0.1) is 7.11 Å². The summed E-state index contributed by atoms with van der Waals surface area (Å²) in [7, 11) is 1.65. The van der Waals surface area contributed by atoms with E-state index in [1.54, 1.807) is 7.11 Å². The molecule has 1 rings (SSSR count). The van der Waals surface area contributed by atoms with Crippen LogP contribution in [0.4, 0.5) is 0 Å². The van der Waals surface area contributed by atoms with Gasteiger partial charge >= 0.3 is 0 Å². The van der Waals surface area contributed by atoms with Crippen molar-refractivity contribution in [2.45, 2.75) is 78.1 Å². The van der Waals surface area contributed by atoms with E-state index >= 15 is 0 Å². The summed E-state index contributed by atoms with van der Waals surface area (Å²) in [6.07, 6.45) is 12.5. The van der Waals surface area contributed by atoms with Gasteiger partial charge in [0.25, 0.3) is 0 Å². The number of hydrogen-bond donors (Lipinski definition) is 0. The number of Topliss-reactive ketones (excluding diaryl/α,β-unsaturated/α-hetero) is 1. The Bertz CT molecular complexity index is 422. The summed E-state index contributed by atoms with van der Waals surface area (Å²) in [5.41, 5.74) is 0.817. The number of carbonyl (C=O) groups is 1. The Balaban J connectivity index is 2.28. The molecule has 23 heavy (non-hydrogen) atoms. The van der Waals surface area contributed by atoms with Crippen molar-refractivity contribution in [3.05, 3.63) is 29.8 Å². The zero-order valence-electron chi connectivity index (χ0n) is 15.3. The van der Waals surface area contributed by atoms with Gasteiger partial charge in [-0.3, -0.25) is 4.79 Å². The first-order chi connectivity index (χ1) is 11.2. The van der Waals surface area contributed by atoms with Crippen LogP contribution in [0.5, 0.6) is 5.75 Å². The third kappa shape index (κ3) is 7.67. The summed E-state index contributed by atoms with van der Waals surface area (Å²) in [6, 6.07) is 7.52. The molecule has 0 heterocycles. The second-order valence-corrected chi connectivity index (χ2v) is 6.46. The topological polar surface area (TPSA) is 26.3 Å². The summed E-state index contributed by atoms with van der Waals surface area (Å²) >= 11 is 0. The van der Waals surface area contributed by atoms with Crippen molar-refractivity contribution in [1.82, 2.24) is 0 Å². The summed E-state index contributed by atoms with van der Waals surface area (Å²) < 4.78 is 5.15. The van der Waals surface area contributed by atoms with E-state index in [-0.39, 0.29) is 11.7 Å². The maximum Gasteiger partial charge on any atom is 0.165 e. The second kappa shape index (κ2) is 12.2. The Morgan fingerprint density at radius 1 is 0.913 bits per heavy atom. The van der Waals surface area contributed by atoms with Gasteiger partial charge in [-0.2, -0.15) is 0 Å². The molecule has 130 valence electrons. The van der Waals surface area contributed by atoms with Crippen LogP contribution in [0, 0.1) is 5.92 Å². The lowest BCUT2D eigenvalue weighted by Crippen LogP contribution is -2.14. The van der Waals surface area contributed by atoms with Crippen LogP contribution in [0.15, 0.2) is 24.3 Å². The van der Waals surface area contributed by atoms with Gasteiger partial charge in [0, 0.05) is 11.5 Å². The lowest BCUT2D eigenvalue weighted by Gasteiger charge is -2.14. The number of rotatable bonds is 13. The van der Waals surface area contributed by atoms with Crippen LogP contribution in [-0.2, 0) is 0 Å². The second-order valence-electron chi connectivity index (χ2n) is 6.46. The molecule has 1 aromatic rings. The Hall–Kier alpha value is -1.31. The normalized spacial score (nSPS) is 12.1. The molecule has 1 atom stereocenters. The molecule has 0 radical (unpaired) electrons. The molecular formula is C21H34O2. The molecule has 0 amide bonds. The SMILES string of the molecule is CCCCCCCCCCC(CC)C(=O)c1ccc(OC)cc1. The molecule has 0 bridgehead atoms. The zero-order chi connectivity index (χ0) is 16.9. The zero-order valence-corrected chi connectivity index (χ0v) is 15.3. The minimum Gasteiger partial charge on any atom is -0.497 e. The Labute approximate surface area is 142 Å². The van der Waals surface area contributed by atoms with Crippen molar-refractivity contribution in [3.63, 3.8) is 0 Å². The van der Waals surface area contributed by atoms with E-state index in [4.69, 9.17) is 4.74 Å². The fourth-order valence-electron chi connectivity index (χ4n) is 3.04. The Morgan fingerprint density at radius 3 is 2.00 bits per heavy atom. The van der Waals surface area contributed by atoms with Crippen LogP contribution in [0.25, 0.3) is 0 Å². The molecule has 0 N–H and O–H groups in total. The van der Waals surface area contributed by atoms with Crippen LogP contribution in [0.1, 0.15) is 88.4 Å². The van der Waals surface area contributed by atoms with E-state index in [2.05, 4.69) is 13.8 Å². The summed E-state index contributed by atoms with van der Waals surface area (Å²) in [5.74, 6) is 1.26. The van der Waals surface area contributed by atoms with Crippen LogP contribution in [0.3, 0.4) is 0 Å². The minimum atomic E-state index is 0.170. The molecule has 0 aliphatic heterocycles. The highest BCUT2D eigenvalue weighted by atomic mass is 16.5. The van der Waals surface area contributed by atoms with Gasteiger partial charge in [0.2, 0.25) is 0 Å². The third-order valence-corrected chi connectivity index (χ3v) is 4.64. The van der Waals surface area contributed by atoms with Crippen molar-refractivity contribution in [1.29, 1.82) is 0 Å². The maximum atomic E-state index is 12.6. The van der Waals surface area contributed by atoms with Gasteiger partial charge in [-0.05, 0) is 37.1 Å². The van der Waals surface area contributed by atoms with Crippen LogP contribution in [-0.4, -0.2) is 12.9 Å². The van der Waals surface area contributed by atoms with E-state index in [1.807, 2.05) is 24.3 Å². The van der Waals surface area contributed by atoms with Crippen molar-refractivity contribution in [2.24, 2.45) is 5.92 Å². The van der Waals surface area contributed by atoms with Gasteiger partial charge in [0.15, 0.2) is 5.78 Å². The highest BCUT2D eigenvalue weighted by Crippen LogP contribution is 2.21. The highest BCUT2D eigenvalue weighted by molar-refractivity contribution is 5.97. The largest absolute Gasteiger partial charge is 0.497 e. The molecule has 0 saturated carbocycles. The van der Waals surface area contributed by atoms with E-state index < -0.39 is 0 Å². The first-order valence-electron chi connectivity index (χ1n) is 9.41. The van der Waals surface area contributed by atoms with Crippen molar-refractivity contribution >= 4 is 5.78 Å². The van der Waals surface area contributed by atoms with E-state index in [9.17, 15) is 4.79 Å². The predicted octanol–water partition coefficient (Wildman–Crippen LogP) is 6.43. The number of ether oxygens (including phenoxy) is 1. The minimum absolute atomic E-state index is 0.170. The van der Waals surface area contributed by atoms with Crippen LogP contribution >= 0.6 is 0 Å². The van der Waals surface area contributed by atoms with Gasteiger partial charge in [-0.25, -0.2) is 0 Å². The standard InChI is InChI=1S/C21H34O2/c1-4-6-7-8-9-10-11-12-13-18(5-2)21(22)19-14-16-20(23-3)17-15-19/h14-18H,4-13H2,1-3H3. The first kappa shape index (κ1) is 19.7.